The average molecular weight is 197 g/mol. The molecule has 15 heavy (non-hydrogen) atoms. The molecular formula is C13H11NO. The molecule has 0 unspecified atom stereocenters. The minimum atomic E-state index is -0.161. The van der Waals surface area contributed by atoms with Crippen LogP contribution in [0.2, 0.25) is 0 Å². The van der Waals surface area contributed by atoms with E-state index < -0.39 is 0 Å². The number of hydrogen-bond donors (Lipinski definition) is 1. The van der Waals surface area contributed by atoms with Gasteiger partial charge in [0.1, 0.15) is 0 Å². The number of hydrogen-bond acceptors (Lipinski definition) is 1. The van der Waals surface area contributed by atoms with Gasteiger partial charge in [0, 0.05) is 23.2 Å². The SMILES string of the molecule is C#Cc1cc(C#C)cc(C(=O)NCC)c1. The number of benzene rings is 1. The summed E-state index contributed by atoms with van der Waals surface area (Å²) in [4.78, 5) is 11.5. The maximum absolute atomic E-state index is 11.5. The largest absolute Gasteiger partial charge is 0.352 e. The highest BCUT2D eigenvalue weighted by Gasteiger charge is 2.05. The fraction of sp³-hybridized carbons (Fsp3) is 0.154. The van der Waals surface area contributed by atoms with Crippen molar-refractivity contribution in [1.29, 1.82) is 0 Å². The quantitative estimate of drug-likeness (QED) is 0.713. The lowest BCUT2D eigenvalue weighted by Gasteiger charge is -2.03. The van der Waals surface area contributed by atoms with Crippen LogP contribution < -0.4 is 5.32 Å². The van der Waals surface area contributed by atoms with E-state index in [1.807, 2.05) is 6.92 Å². The summed E-state index contributed by atoms with van der Waals surface area (Å²) in [6.07, 6.45) is 10.5. The van der Waals surface area contributed by atoms with Crippen molar-refractivity contribution in [1.82, 2.24) is 5.32 Å². The van der Waals surface area contributed by atoms with Crippen LogP contribution in [-0.2, 0) is 0 Å². The molecule has 0 spiro atoms. The lowest BCUT2D eigenvalue weighted by atomic mass is 10.1. The molecule has 0 radical (unpaired) electrons. The number of amides is 1. The van der Waals surface area contributed by atoms with E-state index >= 15 is 0 Å². The van der Waals surface area contributed by atoms with E-state index in [2.05, 4.69) is 17.2 Å². The lowest BCUT2D eigenvalue weighted by Crippen LogP contribution is -2.22. The first-order valence-corrected chi connectivity index (χ1v) is 4.57. The van der Waals surface area contributed by atoms with Gasteiger partial charge in [0.2, 0.25) is 0 Å². The van der Waals surface area contributed by atoms with Crippen molar-refractivity contribution in [3.63, 3.8) is 0 Å². The van der Waals surface area contributed by atoms with E-state index in [1.165, 1.54) is 0 Å². The van der Waals surface area contributed by atoms with Crippen LogP contribution in [0.4, 0.5) is 0 Å². The molecule has 0 saturated carbocycles. The van der Waals surface area contributed by atoms with E-state index in [0.29, 0.717) is 23.2 Å². The van der Waals surface area contributed by atoms with Gasteiger partial charge in [-0.3, -0.25) is 4.79 Å². The minimum absolute atomic E-state index is 0.161. The number of carbonyl (C=O) groups excluding carboxylic acids is 1. The van der Waals surface area contributed by atoms with Crippen LogP contribution in [-0.4, -0.2) is 12.5 Å². The highest BCUT2D eigenvalue weighted by molar-refractivity contribution is 5.94. The van der Waals surface area contributed by atoms with Gasteiger partial charge >= 0.3 is 0 Å². The Labute approximate surface area is 89.7 Å². The molecule has 0 aliphatic carbocycles. The third-order valence-corrected chi connectivity index (χ3v) is 1.87. The molecule has 1 aromatic rings. The summed E-state index contributed by atoms with van der Waals surface area (Å²) in [5, 5.41) is 2.69. The molecule has 0 atom stereocenters. The second-order valence-corrected chi connectivity index (χ2v) is 2.95. The summed E-state index contributed by atoms with van der Waals surface area (Å²) in [6, 6.07) is 4.99. The van der Waals surface area contributed by atoms with Crippen molar-refractivity contribution < 1.29 is 4.79 Å². The maximum Gasteiger partial charge on any atom is 0.251 e. The Kier molecular flexibility index (Phi) is 3.55. The number of nitrogens with one attached hydrogen (secondary N) is 1. The number of rotatable bonds is 2. The molecule has 1 rings (SSSR count). The van der Waals surface area contributed by atoms with Crippen LogP contribution in [0.15, 0.2) is 18.2 Å². The summed E-state index contributed by atoms with van der Waals surface area (Å²) in [6.45, 7) is 2.43. The Morgan fingerprint density at radius 1 is 1.27 bits per heavy atom. The van der Waals surface area contributed by atoms with Crippen molar-refractivity contribution in [3.8, 4) is 24.7 Å². The zero-order chi connectivity index (χ0) is 11.3. The Balaban J connectivity index is 3.15. The van der Waals surface area contributed by atoms with Crippen molar-refractivity contribution >= 4 is 5.91 Å². The zero-order valence-electron chi connectivity index (χ0n) is 8.50. The van der Waals surface area contributed by atoms with E-state index in [1.54, 1.807) is 18.2 Å². The van der Waals surface area contributed by atoms with Crippen LogP contribution in [0.25, 0.3) is 0 Å². The molecule has 1 aromatic carbocycles. The highest BCUT2D eigenvalue weighted by Crippen LogP contribution is 2.08. The van der Waals surface area contributed by atoms with Crippen LogP contribution in [0.1, 0.15) is 28.4 Å². The molecule has 2 heteroatoms. The average Bonchev–Trinajstić information content (AvgIpc) is 2.28. The molecule has 0 heterocycles. The van der Waals surface area contributed by atoms with Gasteiger partial charge in [0.05, 0.1) is 0 Å². The molecular weight excluding hydrogens is 186 g/mol. The smallest absolute Gasteiger partial charge is 0.251 e. The minimum Gasteiger partial charge on any atom is -0.352 e. The van der Waals surface area contributed by atoms with Crippen LogP contribution in [0, 0.1) is 24.7 Å². The number of terminal acetylenes is 2. The molecule has 0 saturated heterocycles. The first-order chi connectivity index (χ1) is 7.21. The Bertz CT molecular complexity index is 428. The summed E-state index contributed by atoms with van der Waals surface area (Å²) in [5.74, 6) is 4.77. The van der Waals surface area contributed by atoms with Crippen LogP contribution >= 0.6 is 0 Å². The molecule has 1 N–H and O–H groups in total. The summed E-state index contributed by atoms with van der Waals surface area (Å²) < 4.78 is 0. The summed E-state index contributed by atoms with van der Waals surface area (Å²) in [5.41, 5.74) is 1.73. The van der Waals surface area contributed by atoms with Gasteiger partial charge in [-0.05, 0) is 25.1 Å². The number of carbonyl (C=O) groups is 1. The van der Waals surface area contributed by atoms with Crippen molar-refractivity contribution in [2.75, 3.05) is 6.54 Å². The maximum atomic E-state index is 11.5. The van der Waals surface area contributed by atoms with Crippen molar-refractivity contribution in [2.24, 2.45) is 0 Å². The second-order valence-electron chi connectivity index (χ2n) is 2.95. The van der Waals surface area contributed by atoms with Gasteiger partial charge in [-0.15, -0.1) is 12.8 Å². The predicted molar refractivity (Wildman–Crippen MR) is 60.3 cm³/mol. The Morgan fingerprint density at radius 3 is 2.20 bits per heavy atom. The third kappa shape index (κ3) is 2.62. The van der Waals surface area contributed by atoms with Crippen molar-refractivity contribution in [3.05, 3.63) is 34.9 Å². The van der Waals surface area contributed by atoms with Gasteiger partial charge in [-0.1, -0.05) is 11.8 Å². The first kappa shape index (κ1) is 10.9. The van der Waals surface area contributed by atoms with Gasteiger partial charge in [0.15, 0.2) is 0 Å². The third-order valence-electron chi connectivity index (χ3n) is 1.87. The van der Waals surface area contributed by atoms with Gasteiger partial charge in [0.25, 0.3) is 5.91 Å². The molecule has 1 amide bonds. The first-order valence-electron chi connectivity index (χ1n) is 4.57. The Morgan fingerprint density at radius 2 is 1.80 bits per heavy atom. The van der Waals surface area contributed by atoms with Crippen LogP contribution in [0.5, 0.6) is 0 Å². The monoisotopic (exact) mass is 197 g/mol. The standard InChI is InChI=1S/C13H11NO/c1-4-10-7-11(5-2)9-12(8-10)13(15)14-6-3/h1-2,7-9H,6H2,3H3,(H,14,15). The molecule has 74 valence electrons. The van der Waals surface area contributed by atoms with E-state index in [0.717, 1.165) is 0 Å². The van der Waals surface area contributed by atoms with Gasteiger partial charge < -0.3 is 5.32 Å². The highest BCUT2D eigenvalue weighted by atomic mass is 16.1. The molecule has 0 aromatic heterocycles. The van der Waals surface area contributed by atoms with E-state index in [4.69, 9.17) is 12.8 Å². The molecule has 0 bridgehead atoms. The van der Waals surface area contributed by atoms with E-state index in [-0.39, 0.29) is 5.91 Å². The molecule has 0 aliphatic heterocycles. The van der Waals surface area contributed by atoms with Gasteiger partial charge in [-0.2, -0.15) is 0 Å². The Hall–Kier alpha value is -2.19. The van der Waals surface area contributed by atoms with Gasteiger partial charge in [-0.25, -0.2) is 0 Å². The topological polar surface area (TPSA) is 29.1 Å². The lowest BCUT2D eigenvalue weighted by molar-refractivity contribution is 0.0956. The summed E-state index contributed by atoms with van der Waals surface area (Å²) in [7, 11) is 0. The van der Waals surface area contributed by atoms with E-state index in [9.17, 15) is 4.79 Å². The molecule has 0 fully saturated rings. The normalized spacial score (nSPS) is 8.73. The predicted octanol–water partition coefficient (Wildman–Crippen LogP) is 1.40. The fourth-order valence-corrected chi connectivity index (χ4v) is 1.19. The molecule has 2 nitrogen and oxygen atoms in total. The van der Waals surface area contributed by atoms with Crippen molar-refractivity contribution in [2.45, 2.75) is 6.92 Å². The summed E-state index contributed by atoms with van der Waals surface area (Å²) >= 11 is 0. The molecule has 0 aliphatic rings. The fourth-order valence-electron chi connectivity index (χ4n) is 1.19. The second kappa shape index (κ2) is 4.88. The zero-order valence-corrected chi connectivity index (χ0v) is 8.50. The van der Waals surface area contributed by atoms with Crippen LogP contribution in [0.3, 0.4) is 0 Å².